The molecule has 4 nitrogen and oxygen atoms in total. The summed E-state index contributed by atoms with van der Waals surface area (Å²) in [6, 6.07) is 0. The van der Waals surface area contributed by atoms with Gasteiger partial charge in [-0.1, -0.05) is 0 Å². The summed E-state index contributed by atoms with van der Waals surface area (Å²) in [5, 5.41) is 26.0. The Bertz CT molecular complexity index is 67.1. The molecule has 0 bridgehead atoms. The predicted octanol–water partition coefficient (Wildman–Crippen LogP) is -11.4. The zero-order valence-corrected chi connectivity index (χ0v) is 21.9. The molecule has 0 aliphatic heterocycles. The number of nitrogens with zero attached hydrogens (tertiary/aromatic N) is 4. The molecule has 0 aliphatic carbocycles. The van der Waals surface area contributed by atoms with E-state index < -0.39 is 0 Å². The molecule has 0 unspecified atom stereocenters. The monoisotopic (exact) mass is 322 g/mol. The van der Waals surface area contributed by atoms with Crippen molar-refractivity contribution in [2.24, 2.45) is 0 Å². The van der Waals surface area contributed by atoms with Crippen molar-refractivity contribution in [3.63, 3.8) is 0 Å². The van der Waals surface area contributed by atoms with E-state index in [1.54, 1.807) is 0 Å². The van der Waals surface area contributed by atoms with Crippen LogP contribution in [0.3, 0.4) is 0 Å². The van der Waals surface area contributed by atoms with Gasteiger partial charge in [0.2, 0.25) is 0 Å². The smallest absolute Gasteiger partial charge is 0.202 e. The summed E-state index contributed by atoms with van der Waals surface area (Å²) in [7, 11) is 0. The second-order valence-electron chi connectivity index (χ2n) is 0. The zero-order valence-electron chi connectivity index (χ0n) is 8.41. The van der Waals surface area contributed by atoms with Crippen molar-refractivity contribution < 1.29 is 222 Å². The molecule has 0 rings (SSSR count). The molecule has 0 atom stereocenters. The largest absolute Gasteiger partial charge is 1.00 e. The van der Waals surface area contributed by atoms with Crippen LogP contribution in [-0.4, -0.2) is 0 Å². The van der Waals surface area contributed by atoms with Crippen molar-refractivity contribution in [1.82, 2.24) is 0 Å². The first-order chi connectivity index (χ1) is 4.00. The number of hydrogen-bond donors (Lipinski definition) is 0. The molecule has 0 amide bonds. The minimum absolute atomic E-state index is 0. The molecule has 0 aromatic heterocycles. The van der Waals surface area contributed by atoms with Gasteiger partial charge < -0.3 is 0 Å². The summed E-state index contributed by atoms with van der Waals surface area (Å²) in [4.78, 5) is 0. The fraction of sp³-hybridized carbons (Fsp3) is 0. The summed E-state index contributed by atoms with van der Waals surface area (Å²) < 4.78 is 0. The molecule has 9 heteroatoms. The molecule has 50 valence electrons. The maximum atomic E-state index is 6.50. The van der Waals surface area contributed by atoms with E-state index >= 15 is 0 Å². The standard InChI is InChI=1S/4CHN.4K.Ni/c4*1-2;;;;;/h4*1H;;;;;/q;;;;4*+1;. The molecular weight excluding hydrogens is 319 g/mol. The van der Waals surface area contributed by atoms with E-state index in [-0.39, 0.29) is 222 Å². The third-order valence-corrected chi connectivity index (χ3v) is 0. The Balaban J connectivity index is -0.00000000208. The van der Waals surface area contributed by atoms with Gasteiger partial charge in [-0.2, -0.15) is 0 Å². The Kier molecular flexibility index (Phi) is 860. The number of rotatable bonds is 0. The van der Waals surface area contributed by atoms with Crippen LogP contribution in [0.15, 0.2) is 0 Å². The molecule has 0 fully saturated rings. The third-order valence-electron chi connectivity index (χ3n) is 0. The Morgan fingerprint density at radius 2 is 0.385 bits per heavy atom. The van der Waals surface area contributed by atoms with E-state index in [1.165, 1.54) is 0 Å². The Hall–Kier alpha value is 5.00. The molecule has 0 saturated carbocycles. The first-order valence-electron chi connectivity index (χ1n) is 1.03. The predicted molar refractivity (Wildman–Crippen MR) is 26.7 cm³/mol. The van der Waals surface area contributed by atoms with E-state index in [2.05, 4.69) is 26.3 Å². The molecule has 0 aliphatic rings. The van der Waals surface area contributed by atoms with Gasteiger partial charge in [-0.05, 0) is 0 Å². The second kappa shape index (κ2) is 174. The van der Waals surface area contributed by atoms with Crippen molar-refractivity contribution in [1.29, 1.82) is 21.0 Å². The van der Waals surface area contributed by atoms with Crippen molar-refractivity contribution in [3.05, 3.63) is 0 Å². The third kappa shape index (κ3) is 153. The normalized spacial score (nSPS) is 0.615. The molecular formula is C4H4K4N4Ni+4. The van der Waals surface area contributed by atoms with E-state index in [9.17, 15) is 0 Å². The van der Waals surface area contributed by atoms with Gasteiger partial charge in [0, 0.05) is 42.8 Å². The van der Waals surface area contributed by atoms with Crippen LogP contribution in [0.4, 0.5) is 0 Å². The van der Waals surface area contributed by atoms with Crippen LogP contribution in [0.2, 0.25) is 0 Å². The van der Waals surface area contributed by atoms with Gasteiger partial charge in [-0.3, -0.25) is 0 Å². The topological polar surface area (TPSA) is 95.2 Å². The molecule has 0 spiro atoms. The Labute approximate surface area is 260 Å². The van der Waals surface area contributed by atoms with Crippen LogP contribution in [0.5, 0.6) is 0 Å². The van der Waals surface area contributed by atoms with Crippen LogP contribution in [0.25, 0.3) is 0 Å². The fourth-order valence-electron chi connectivity index (χ4n) is 0. The van der Waals surface area contributed by atoms with Crippen molar-refractivity contribution >= 4 is 0 Å². The quantitative estimate of drug-likeness (QED) is 0.414. The van der Waals surface area contributed by atoms with Gasteiger partial charge in [0.05, 0.1) is 0 Å². The average Bonchev–Trinajstić information content (AvgIpc) is 2.03. The maximum Gasteiger partial charge on any atom is 1.00 e. The number of nitriles is 4. The summed E-state index contributed by atoms with van der Waals surface area (Å²) in [6.07, 6.45) is 0. The first-order valence-corrected chi connectivity index (χ1v) is 1.03. The van der Waals surface area contributed by atoms with E-state index in [4.69, 9.17) is 21.0 Å². The minimum atomic E-state index is 0. The van der Waals surface area contributed by atoms with Gasteiger partial charge in [0.15, 0.2) is 0 Å². The van der Waals surface area contributed by atoms with Gasteiger partial charge >= 0.3 is 206 Å². The van der Waals surface area contributed by atoms with Crippen molar-refractivity contribution in [2.75, 3.05) is 0 Å². The average molecular weight is 323 g/mol. The van der Waals surface area contributed by atoms with Gasteiger partial charge in [-0.15, -0.1) is 0 Å². The van der Waals surface area contributed by atoms with Crippen molar-refractivity contribution in [3.8, 4) is 26.3 Å². The van der Waals surface area contributed by atoms with Crippen LogP contribution >= 0.6 is 0 Å². The van der Waals surface area contributed by atoms with Crippen LogP contribution in [-0.2, 0) is 16.5 Å². The van der Waals surface area contributed by atoms with E-state index in [1.807, 2.05) is 0 Å². The Morgan fingerprint density at radius 1 is 0.385 bits per heavy atom. The molecule has 0 saturated heterocycles. The SMILES string of the molecule is C#N.C#N.C#N.C#N.[K+].[K+].[K+].[K+].[Ni]. The van der Waals surface area contributed by atoms with E-state index in [0.29, 0.717) is 0 Å². The minimum Gasteiger partial charge on any atom is -0.202 e. The zero-order chi connectivity index (χ0) is 8.00. The van der Waals surface area contributed by atoms with Crippen molar-refractivity contribution in [2.45, 2.75) is 0 Å². The van der Waals surface area contributed by atoms with E-state index in [0.717, 1.165) is 0 Å². The van der Waals surface area contributed by atoms with Crippen LogP contribution < -0.4 is 206 Å². The molecule has 0 radical (unpaired) electrons. The maximum absolute atomic E-state index is 6.50. The van der Waals surface area contributed by atoms with Gasteiger partial charge in [0.1, 0.15) is 0 Å². The second-order valence-corrected chi connectivity index (χ2v) is 0. The molecule has 13 heavy (non-hydrogen) atoms. The molecule has 0 aromatic carbocycles. The molecule has 0 aromatic rings. The fourth-order valence-corrected chi connectivity index (χ4v) is 0. The summed E-state index contributed by atoms with van der Waals surface area (Å²) >= 11 is 0. The van der Waals surface area contributed by atoms with Gasteiger partial charge in [0.25, 0.3) is 0 Å². The van der Waals surface area contributed by atoms with Crippen LogP contribution in [0, 0.1) is 47.3 Å². The van der Waals surface area contributed by atoms with Crippen LogP contribution in [0.1, 0.15) is 0 Å². The summed E-state index contributed by atoms with van der Waals surface area (Å²) in [5.41, 5.74) is 0. The summed E-state index contributed by atoms with van der Waals surface area (Å²) in [5.74, 6) is 0. The molecule has 0 heterocycles. The first kappa shape index (κ1) is 64.2. The Morgan fingerprint density at radius 3 is 0.385 bits per heavy atom. The van der Waals surface area contributed by atoms with Gasteiger partial charge in [-0.25, -0.2) is 21.0 Å². The summed E-state index contributed by atoms with van der Waals surface area (Å²) in [6.45, 7) is 14.0. The number of hydrogen-bond acceptors (Lipinski definition) is 4. The molecule has 0 N–H and O–H groups in total.